The van der Waals surface area contributed by atoms with Crippen LogP contribution in [0, 0.1) is 5.82 Å². The summed E-state index contributed by atoms with van der Waals surface area (Å²) in [5, 5.41) is 10.0. The van der Waals surface area contributed by atoms with Crippen LogP contribution in [0.15, 0.2) is 46.0 Å². The van der Waals surface area contributed by atoms with Gasteiger partial charge in [0.1, 0.15) is 11.6 Å². The number of hydrogen-bond donors (Lipinski definition) is 1. The first kappa shape index (κ1) is 20.1. The van der Waals surface area contributed by atoms with Crippen LogP contribution < -0.4 is 16.0 Å². The lowest BCUT2D eigenvalue weighted by atomic mass is 10.1. The van der Waals surface area contributed by atoms with Gasteiger partial charge in [-0.15, -0.1) is 0 Å². The first-order valence-electron chi connectivity index (χ1n) is 8.58. The molecule has 0 bridgehead atoms. The number of hydrogen-bond acceptors (Lipinski definition) is 4. The van der Waals surface area contributed by atoms with Gasteiger partial charge in [0.05, 0.1) is 41.7 Å². The Labute approximate surface area is 165 Å². The molecule has 0 aliphatic heterocycles. The van der Waals surface area contributed by atoms with Crippen molar-refractivity contribution in [3.05, 3.63) is 73.6 Å². The molecule has 28 heavy (non-hydrogen) atoms. The number of nitrogens with zero attached hydrogens (tertiary/aromatic N) is 2. The van der Waals surface area contributed by atoms with Crippen LogP contribution >= 0.6 is 11.6 Å². The second kappa shape index (κ2) is 7.41. The largest absolute Gasteiger partial charge is 0.497 e. The molecule has 0 aliphatic carbocycles. The lowest BCUT2D eigenvalue weighted by Crippen LogP contribution is -2.43. The molecule has 8 heteroatoms. The van der Waals surface area contributed by atoms with Crippen molar-refractivity contribution in [2.75, 3.05) is 7.11 Å². The average Bonchev–Trinajstić information content (AvgIpc) is 2.64. The zero-order valence-corrected chi connectivity index (χ0v) is 16.5. The van der Waals surface area contributed by atoms with Crippen LogP contribution in [-0.4, -0.2) is 27.0 Å². The van der Waals surface area contributed by atoms with E-state index in [4.69, 9.17) is 16.3 Å². The van der Waals surface area contributed by atoms with E-state index in [0.717, 1.165) is 10.6 Å². The number of fused-ring (bicyclic) bond motifs is 1. The minimum atomic E-state index is -1.24. The molecule has 1 heterocycles. The van der Waals surface area contributed by atoms with Crippen LogP contribution in [0.5, 0.6) is 5.75 Å². The molecular weight excluding hydrogens is 387 g/mol. The third-order valence-corrected chi connectivity index (χ3v) is 4.60. The highest BCUT2D eigenvalue weighted by Crippen LogP contribution is 2.21. The molecule has 1 N–H and O–H groups in total. The fourth-order valence-corrected chi connectivity index (χ4v) is 3.16. The van der Waals surface area contributed by atoms with Crippen LogP contribution in [0.25, 0.3) is 10.9 Å². The molecule has 3 rings (SSSR count). The van der Waals surface area contributed by atoms with Crippen molar-refractivity contribution in [1.82, 2.24) is 9.13 Å². The molecular formula is C20H20ClFN2O4. The van der Waals surface area contributed by atoms with Gasteiger partial charge in [-0.3, -0.25) is 13.9 Å². The molecule has 6 nitrogen and oxygen atoms in total. The van der Waals surface area contributed by atoms with Gasteiger partial charge in [0.25, 0.3) is 5.56 Å². The molecule has 1 aromatic heterocycles. The SMILES string of the molecule is COc1ccc(Cn2c(=O)c3cc(F)c(Cl)cc3n(CC(C)(C)O)c2=O)cc1. The Kier molecular flexibility index (Phi) is 5.32. The molecule has 0 aliphatic rings. The monoisotopic (exact) mass is 406 g/mol. The molecule has 0 unspecified atom stereocenters. The normalized spacial score (nSPS) is 11.8. The Morgan fingerprint density at radius 3 is 2.36 bits per heavy atom. The summed E-state index contributed by atoms with van der Waals surface area (Å²) in [7, 11) is 1.54. The van der Waals surface area contributed by atoms with Crippen LogP contribution in [0.2, 0.25) is 5.02 Å². The summed E-state index contributed by atoms with van der Waals surface area (Å²) in [6.45, 7) is 2.98. The third kappa shape index (κ3) is 3.95. The van der Waals surface area contributed by atoms with Gasteiger partial charge < -0.3 is 9.84 Å². The van der Waals surface area contributed by atoms with Crippen molar-refractivity contribution >= 4 is 22.5 Å². The molecule has 0 atom stereocenters. The van der Waals surface area contributed by atoms with Gasteiger partial charge in [-0.05, 0) is 43.7 Å². The van der Waals surface area contributed by atoms with Crippen LogP contribution in [-0.2, 0) is 13.1 Å². The van der Waals surface area contributed by atoms with Gasteiger partial charge in [-0.1, -0.05) is 23.7 Å². The second-order valence-electron chi connectivity index (χ2n) is 7.20. The van der Waals surface area contributed by atoms with Crippen LogP contribution in [0.4, 0.5) is 4.39 Å². The van der Waals surface area contributed by atoms with E-state index in [-0.39, 0.29) is 29.0 Å². The Balaban J connectivity index is 2.25. The maximum atomic E-state index is 14.0. The van der Waals surface area contributed by atoms with Crippen molar-refractivity contribution in [2.45, 2.75) is 32.5 Å². The maximum absolute atomic E-state index is 14.0. The first-order chi connectivity index (χ1) is 13.1. The predicted octanol–water partition coefficient (Wildman–Crippen LogP) is 2.78. The molecule has 0 saturated heterocycles. The van der Waals surface area contributed by atoms with Gasteiger partial charge >= 0.3 is 5.69 Å². The lowest BCUT2D eigenvalue weighted by molar-refractivity contribution is 0.0610. The van der Waals surface area contributed by atoms with Crippen LogP contribution in [0.1, 0.15) is 19.4 Å². The minimum Gasteiger partial charge on any atom is -0.497 e. The number of aromatic nitrogens is 2. The highest BCUT2D eigenvalue weighted by atomic mass is 35.5. The van der Waals surface area contributed by atoms with Gasteiger partial charge in [0, 0.05) is 0 Å². The van der Waals surface area contributed by atoms with Crippen molar-refractivity contribution in [3.8, 4) is 5.75 Å². The first-order valence-corrected chi connectivity index (χ1v) is 8.96. The van der Waals surface area contributed by atoms with Gasteiger partial charge in [-0.2, -0.15) is 0 Å². The molecule has 0 amide bonds. The summed E-state index contributed by atoms with van der Waals surface area (Å²) < 4.78 is 21.4. The molecule has 3 aromatic rings. The zero-order chi connectivity index (χ0) is 20.6. The van der Waals surface area contributed by atoms with Crippen molar-refractivity contribution < 1.29 is 14.2 Å². The van der Waals surface area contributed by atoms with E-state index in [0.29, 0.717) is 11.3 Å². The van der Waals surface area contributed by atoms with E-state index >= 15 is 0 Å². The van der Waals surface area contributed by atoms with Gasteiger partial charge in [-0.25, -0.2) is 9.18 Å². The summed E-state index contributed by atoms with van der Waals surface area (Å²) in [5.74, 6) is -0.110. The average molecular weight is 407 g/mol. The number of halogens is 2. The van der Waals surface area contributed by atoms with Crippen LogP contribution in [0.3, 0.4) is 0 Å². The Bertz CT molecular complexity index is 1140. The summed E-state index contributed by atoms with van der Waals surface area (Å²) >= 11 is 5.86. The summed E-state index contributed by atoms with van der Waals surface area (Å²) in [6, 6.07) is 9.16. The summed E-state index contributed by atoms with van der Waals surface area (Å²) in [4.78, 5) is 26.0. The van der Waals surface area contributed by atoms with E-state index < -0.39 is 22.7 Å². The number of methoxy groups -OCH3 is 1. The molecule has 0 spiro atoms. The van der Waals surface area contributed by atoms with E-state index in [1.165, 1.54) is 31.6 Å². The predicted molar refractivity (Wildman–Crippen MR) is 106 cm³/mol. The second-order valence-corrected chi connectivity index (χ2v) is 7.61. The molecule has 0 fully saturated rings. The summed E-state index contributed by atoms with van der Waals surface area (Å²) in [5.41, 5.74) is -1.60. The van der Waals surface area contributed by atoms with Crippen molar-refractivity contribution in [2.24, 2.45) is 0 Å². The fourth-order valence-electron chi connectivity index (χ4n) is 3.00. The number of ether oxygens (including phenoxy) is 1. The molecule has 0 saturated carbocycles. The number of aliphatic hydroxyl groups is 1. The van der Waals surface area contributed by atoms with Gasteiger partial charge in [0.15, 0.2) is 0 Å². The summed E-state index contributed by atoms with van der Waals surface area (Å²) in [6.07, 6.45) is 0. The van der Waals surface area contributed by atoms with Crippen molar-refractivity contribution in [3.63, 3.8) is 0 Å². The highest BCUT2D eigenvalue weighted by Gasteiger charge is 2.21. The molecule has 148 valence electrons. The quantitative estimate of drug-likeness (QED) is 0.707. The number of rotatable bonds is 5. The smallest absolute Gasteiger partial charge is 0.331 e. The van der Waals surface area contributed by atoms with E-state index in [9.17, 15) is 19.1 Å². The third-order valence-electron chi connectivity index (χ3n) is 4.31. The molecule has 2 aromatic carbocycles. The lowest BCUT2D eigenvalue weighted by Gasteiger charge is -2.21. The fraction of sp³-hybridized carbons (Fsp3) is 0.300. The standard InChI is InChI=1S/C20H20ClFN2O4/c1-20(2,27)11-24-17-9-15(21)16(22)8-14(17)18(25)23(19(24)26)10-12-4-6-13(28-3)7-5-12/h4-9,27H,10-11H2,1-3H3. The van der Waals surface area contributed by atoms with Gasteiger partial charge in [0.2, 0.25) is 0 Å². The maximum Gasteiger partial charge on any atom is 0.331 e. The Morgan fingerprint density at radius 2 is 1.79 bits per heavy atom. The highest BCUT2D eigenvalue weighted by molar-refractivity contribution is 6.31. The zero-order valence-electron chi connectivity index (χ0n) is 15.7. The Morgan fingerprint density at radius 1 is 1.14 bits per heavy atom. The van der Waals surface area contributed by atoms with E-state index in [1.807, 2.05) is 0 Å². The van der Waals surface area contributed by atoms with E-state index in [2.05, 4.69) is 0 Å². The minimum absolute atomic E-state index is 0.00625. The topological polar surface area (TPSA) is 73.5 Å². The number of benzene rings is 2. The van der Waals surface area contributed by atoms with Crippen molar-refractivity contribution in [1.29, 1.82) is 0 Å². The van der Waals surface area contributed by atoms with E-state index in [1.54, 1.807) is 24.3 Å². The molecule has 0 radical (unpaired) electrons. The Hall–Kier alpha value is -2.64.